The van der Waals surface area contributed by atoms with Gasteiger partial charge in [0.2, 0.25) is 5.91 Å². The number of oxazole rings is 1. The van der Waals surface area contributed by atoms with Crippen molar-refractivity contribution in [2.45, 2.75) is 32.6 Å². The number of aromatic hydroxyl groups is 1. The van der Waals surface area contributed by atoms with Gasteiger partial charge >= 0.3 is 5.97 Å². The lowest BCUT2D eigenvalue weighted by Crippen LogP contribution is -2.12. The van der Waals surface area contributed by atoms with Crippen LogP contribution in [0.4, 0.5) is 5.69 Å². The molecule has 150 valence electrons. The number of aromatic nitrogens is 1. The minimum absolute atomic E-state index is 0.133. The largest absolute Gasteiger partial charge is 0.507 e. The third-order valence-electron chi connectivity index (χ3n) is 4.49. The van der Waals surface area contributed by atoms with Crippen LogP contribution in [0.25, 0.3) is 11.3 Å². The molecular formula is C22H22N2O5. The Hall–Kier alpha value is -3.61. The van der Waals surface area contributed by atoms with E-state index in [1.54, 1.807) is 6.20 Å². The first-order chi connectivity index (χ1) is 13.8. The molecule has 0 radical (unpaired) electrons. The van der Waals surface area contributed by atoms with Crippen LogP contribution < -0.4 is 5.32 Å². The smallest absolute Gasteiger partial charge is 0.339 e. The van der Waals surface area contributed by atoms with Crippen molar-refractivity contribution in [2.24, 2.45) is 0 Å². The number of hydrogen-bond acceptors (Lipinski definition) is 5. The van der Waals surface area contributed by atoms with E-state index in [0.717, 1.165) is 5.56 Å². The Morgan fingerprint density at radius 3 is 2.48 bits per heavy atom. The van der Waals surface area contributed by atoms with Gasteiger partial charge in [-0.15, -0.1) is 0 Å². The Labute approximate surface area is 168 Å². The quantitative estimate of drug-likeness (QED) is 0.546. The molecule has 7 nitrogen and oxygen atoms in total. The SMILES string of the molecule is CC(C)c1ccc(-c2cnc(CCC(=O)Nc3ccc(C(=O)O)c(O)c3)o2)cc1. The fourth-order valence-electron chi connectivity index (χ4n) is 2.83. The van der Waals surface area contributed by atoms with E-state index in [9.17, 15) is 14.7 Å². The van der Waals surface area contributed by atoms with E-state index in [0.29, 0.717) is 29.7 Å². The van der Waals surface area contributed by atoms with Gasteiger partial charge in [0.1, 0.15) is 11.3 Å². The third-order valence-corrected chi connectivity index (χ3v) is 4.49. The zero-order chi connectivity index (χ0) is 21.0. The average Bonchev–Trinajstić information content (AvgIpc) is 3.15. The lowest BCUT2D eigenvalue weighted by Gasteiger charge is -2.06. The van der Waals surface area contributed by atoms with Crippen LogP contribution in [0.1, 0.15) is 48.0 Å². The number of nitrogens with one attached hydrogen (secondary N) is 1. The van der Waals surface area contributed by atoms with Gasteiger partial charge in [0, 0.05) is 30.2 Å². The van der Waals surface area contributed by atoms with E-state index in [-0.39, 0.29) is 17.9 Å². The van der Waals surface area contributed by atoms with Crippen LogP contribution in [-0.4, -0.2) is 27.1 Å². The van der Waals surface area contributed by atoms with E-state index in [1.807, 2.05) is 12.1 Å². The minimum Gasteiger partial charge on any atom is -0.507 e. The highest BCUT2D eigenvalue weighted by Crippen LogP contribution is 2.24. The van der Waals surface area contributed by atoms with Crippen LogP contribution in [0, 0.1) is 0 Å². The lowest BCUT2D eigenvalue weighted by molar-refractivity contribution is -0.116. The second-order valence-corrected chi connectivity index (χ2v) is 6.98. The first-order valence-electron chi connectivity index (χ1n) is 9.24. The summed E-state index contributed by atoms with van der Waals surface area (Å²) in [4.78, 5) is 27.2. The Bertz CT molecular complexity index is 1020. The molecule has 0 bridgehead atoms. The van der Waals surface area contributed by atoms with Crippen LogP contribution in [-0.2, 0) is 11.2 Å². The number of amides is 1. The predicted octanol–water partition coefficient (Wildman–Crippen LogP) is 4.44. The number of aromatic carboxylic acids is 1. The summed E-state index contributed by atoms with van der Waals surface area (Å²) in [7, 11) is 0. The number of aryl methyl sites for hydroxylation is 1. The van der Waals surface area contributed by atoms with Gasteiger partial charge in [0.05, 0.1) is 6.20 Å². The summed E-state index contributed by atoms with van der Waals surface area (Å²) in [6, 6.07) is 11.9. The second-order valence-electron chi connectivity index (χ2n) is 6.98. The second kappa shape index (κ2) is 8.60. The van der Waals surface area contributed by atoms with Crippen LogP contribution in [0.15, 0.2) is 53.1 Å². The van der Waals surface area contributed by atoms with Crippen molar-refractivity contribution in [3.63, 3.8) is 0 Å². The van der Waals surface area contributed by atoms with Gasteiger partial charge in [-0.05, 0) is 23.6 Å². The fraction of sp³-hybridized carbons (Fsp3) is 0.227. The fourth-order valence-corrected chi connectivity index (χ4v) is 2.83. The van der Waals surface area contributed by atoms with Gasteiger partial charge in [-0.3, -0.25) is 4.79 Å². The zero-order valence-corrected chi connectivity index (χ0v) is 16.2. The summed E-state index contributed by atoms with van der Waals surface area (Å²) in [5.74, 6) is -0.393. The first kappa shape index (κ1) is 20.1. The molecule has 2 aromatic carbocycles. The molecule has 0 aliphatic carbocycles. The van der Waals surface area contributed by atoms with E-state index >= 15 is 0 Å². The van der Waals surface area contributed by atoms with Gasteiger partial charge in [-0.25, -0.2) is 9.78 Å². The molecule has 29 heavy (non-hydrogen) atoms. The number of nitrogens with zero attached hydrogens (tertiary/aromatic N) is 1. The normalized spacial score (nSPS) is 10.9. The van der Waals surface area contributed by atoms with Crippen molar-refractivity contribution in [2.75, 3.05) is 5.32 Å². The van der Waals surface area contributed by atoms with Gasteiger partial charge in [0.15, 0.2) is 11.7 Å². The summed E-state index contributed by atoms with van der Waals surface area (Å²) in [5, 5.41) is 21.2. The average molecular weight is 394 g/mol. The number of carboxylic acid groups (broad SMARTS) is 1. The van der Waals surface area contributed by atoms with Crippen LogP contribution >= 0.6 is 0 Å². The molecule has 3 aromatic rings. The standard InChI is InChI=1S/C22H22N2O5/c1-13(2)14-3-5-15(6-4-14)19-12-23-21(29-19)10-9-20(26)24-16-7-8-17(22(27)28)18(25)11-16/h3-8,11-13,25H,9-10H2,1-2H3,(H,24,26)(H,27,28). The van der Waals surface area contributed by atoms with Gasteiger partial charge in [-0.1, -0.05) is 38.1 Å². The monoisotopic (exact) mass is 394 g/mol. The molecular weight excluding hydrogens is 372 g/mol. The van der Waals surface area contributed by atoms with E-state index < -0.39 is 11.7 Å². The zero-order valence-electron chi connectivity index (χ0n) is 16.2. The Morgan fingerprint density at radius 2 is 1.86 bits per heavy atom. The Balaban J connectivity index is 1.57. The number of hydrogen-bond donors (Lipinski definition) is 3. The highest BCUT2D eigenvalue weighted by Gasteiger charge is 2.12. The van der Waals surface area contributed by atoms with Crippen LogP contribution in [0.2, 0.25) is 0 Å². The van der Waals surface area contributed by atoms with Crippen molar-refractivity contribution in [3.05, 3.63) is 65.7 Å². The Morgan fingerprint density at radius 1 is 1.14 bits per heavy atom. The number of carbonyl (C=O) groups excluding carboxylic acids is 1. The van der Waals surface area contributed by atoms with Crippen molar-refractivity contribution in [1.82, 2.24) is 4.98 Å². The molecule has 0 spiro atoms. The van der Waals surface area contributed by atoms with E-state index in [2.05, 4.69) is 36.3 Å². The molecule has 0 aliphatic rings. The molecule has 0 unspecified atom stereocenters. The van der Waals surface area contributed by atoms with Gasteiger partial charge in [-0.2, -0.15) is 0 Å². The lowest BCUT2D eigenvalue weighted by atomic mass is 10.0. The Kier molecular flexibility index (Phi) is 5.97. The molecule has 1 amide bonds. The van der Waals surface area contributed by atoms with Crippen molar-refractivity contribution >= 4 is 17.6 Å². The molecule has 0 saturated carbocycles. The number of carbonyl (C=O) groups is 2. The molecule has 1 aromatic heterocycles. The first-order valence-corrected chi connectivity index (χ1v) is 9.24. The topological polar surface area (TPSA) is 113 Å². The molecule has 0 aliphatic heterocycles. The van der Waals surface area contributed by atoms with Crippen molar-refractivity contribution < 1.29 is 24.2 Å². The van der Waals surface area contributed by atoms with Gasteiger partial charge < -0.3 is 19.9 Å². The van der Waals surface area contributed by atoms with E-state index in [4.69, 9.17) is 9.52 Å². The number of rotatable bonds is 7. The van der Waals surface area contributed by atoms with Crippen LogP contribution in [0.5, 0.6) is 5.75 Å². The molecule has 0 saturated heterocycles. The number of carboxylic acids is 1. The maximum Gasteiger partial charge on any atom is 0.339 e. The van der Waals surface area contributed by atoms with Crippen molar-refractivity contribution in [1.29, 1.82) is 0 Å². The molecule has 0 atom stereocenters. The highest BCUT2D eigenvalue weighted by molar-refractivity contribution is 5.94. The molecule has 7 heteroatoms. The number of anilines is 1. The highest BCUT2D eigenvalue weighted by atomic mass is 16.4. The molecule has 3 N–H and O–H groups in total. The van der Waals surface area contributed by atoms with Gasteiger partial charge in [0.25, 0.3) is 0 Å². The van der Waals surface area contributed by atoms with E-state index in [1.165, 1.54) is 23.8 Å². The number of phenols is 1. The third kappa shape index (κ3) is 5.01. The maximum atomic E-state index is 12.1. The predicted molar refractivity (Wildman–Crippen MR) is 108 cm³/mol. The maximum absolute atomic E-state index is 12.1. The summed E-state index contributed by atoms with van der Waals surface area (Å²) >= 11 is 0. The summed E-state index contributed by atoms with van der Waals surface area (Å²) < 4.78 is 5.74. The molecule has 3 rings (SSSR count). The molecule has 1 heterocycles. The summed E-state index contributed by atoms with van der Waals surface area (Å²) in [5.41, 5.74) is 2.26. The number of benzene rings is 2. The van der Waals surface area contributed by atoms with Crippen molar-refractivity contribution in [3.8, 4) is 17.1 Å². The van der Waals surface area contributed by atoms with Crippen LogP contribution in [0.3, 0.4) is 0 Å². The summed E-state index contributed by atoms with van der Waals surface area (Å²) in [6.45, 7) is 4.27. The summed E-state index contributed by atoms with van der Waals surface area (Å²) in [6.07, 6.45) is 2.09. The minimum atomic E-state index is -1.24. The molecule has 0 fully saturated rings.